The second-order valence-corrected chi connectivity index (χ2v) is 3.37. The maximum atomic E-state index is 12.2. The van der Waals surface area contributed by atoms with Gasteiger partial charge in [-0.05, 0) is 17.5 Å². The molecule has 78 valence electrons. The number of nitrogens with zero attached hydrogens (tertiary/aromatic N) is 1. The second-order valence-electron chi connectivity index (χ2n) is 3.37. The van der Waals surface area contributed by atoms with E-state index in [0.29, 0.717) is 0 Å². The van der Waals surface area contributed by atoms with E-state index in [4.69, 9.17) is 0 Å². The molecule has 4 heteroatoms. The van der Waals surface area contributed by atoms with Crippen molar-refractivity contribution < 1.29 is 13.6 Å². The lowest BCUT2D eigenvalue weighted by atomic mass is 10.1. The van der Waals surface area contributed by atoms with Gasteiger partial charge in [-0.1, -0.05) is 12.1 Å². The number of halogens is 2. The van der Waals surface area contributed by atoms with Crippen molar-refractivity contribution in [3.05, 3.63) is 36.0 Å². The van der Waals surface area contributed by atoms with Crippen molar-refractivity contribution in [2.24, 2.45) is 7.05 Å². The van der Waals surface area contributed by atoms with E-state index in [2.05, 4.69) is 0 Å². The molecule has 1 aromatic heterocycles. The third-order valence-corrected chi connectivity index (χ3v) is 2.37. The summed E-state index contributed by atoms with van der Waals surface area (Å²) < 4.78 is 26.2. The highest BCUT2D eigenvalue weighted by Crippen LogP contribution is 2.18. The molecular weight excluding hydrogens is 200 g/mol. The molecule has 0 unspecified atom stereocenters. The Morgan fingerprint density at radius 2 is 2.07 bits per heavy atom. The predicted octanol–water partition coefficient (Wildman–Crippen LogP) is 2.63. The number of benzene rings is 1. The summed E-state index contributed by atoms with van der Waals surface area (Å²) in [4.78, 5) is 11.1. The number of aromatic nitrogens is 1. The molecule has 0 bridgehead atoms. The van der Waals surface area contributed by atoms with Crippen molar-refractivity contribution in [3.63, 3.8) is 0 Å². The number of hydrogen-bond donors (Lipinski definition) is 0. The van der Waals surface area contributed by atoms with Crippen LogP contribution < -0.4 is 0 Å². The fourth-order valence-corrected chi connectivity index (χ4v) is 1.54. The maximum absolute atomic E-state index is 12.2. The summed E-state index contributed by atoms with van der Waals surface area (Å²) in [7, 11) is 1.80. The fourth-order valence-electron chi connectivity index (χ4n) is 1.54. The molecule has 0 amide bonds. The summed E-state index contributed by atoms with van der Waals surface area (Å²) >= 11 is 0. The van der Waals surface area contributed by atoms with Gasteiger partial charge in [-0.15, -0.1) is 0 Å². The normalized spacial score (nSPS) is 11.2. The highest BCUT2D eigenvalue weighted by molar-refractivity contribution is 6.01. The Balaban J connectivity index is 2.55. The van der Waals surface area contributed by atoms with E-state index in [1.54, 1.807) is 17.7 Å². The Morgan fingerprint density at radius 3 is 2.73 bits per heavy atom. The van der Waals surface area contributed by atoms with Crippen LogP contribution in [0.25, 0.3) is 10.9 Å². The Bertz CT molecular complexity index is 516. The lowest BCUT2D eigenvalue weighted by molar-refractivity contribution is 0.0679. The number of hydrogen-bond acceptors (Lipinski definition) is 1. The third-order valence-electron chi connectivity index (χ3n) is 2.37. The first kappa shape index (κ1) is 9.83. The fraction of sp³-hybridized carbons (Fsp3) is 0.182. The molecule has 0 atom stereocenters. The smallest absolute Gasteiger partial charge is 0.300 e. The third kappa shape index (κ3) is 1.63. The average Bonchev–Trinajstić information content (AvgIpc) is 2.59. The van der Waals surface area contributed by atoms with E-state index in [0.717, 1.165) is 10.9 Å². The Hall–Kier alpha value is -1.71. The van der Waals surface area contributed by atoms with E-state index in [-0.39, 0.29) is 5.56 Å². The van der Waals surface area contributed by atoms with Gasteiger partial charge >= 0.3 is 6.43 Å². The standard InChI is InChI=1S/C11H9F2NO/c1-14-5-4-7-2-3-8(6-9(7)14)10(15)11(12)13/h2-6,11H,1H3. The van der Waals surface area contributed by atoms with Crippen LogP contribution in [0.2, 0.25) is 0 Å². The van der Waals surface area contributed by atoms with Gasteiger partial charge in [-0.2, -0.15) is 0 Å². The zero-order valence-electron chi connectivity index (χ0n) is 8.08. The molecule has 0 aliphatic rings. The summed E-state index contributed by atoms with van der Waals surface area (Å²) in [6.07, 6.45) is -1.12. The van der Waals surface area contributed by atoms with Gasteiger partial charge in [0.15, 0.2) is 0 Å². The number of fused-ring (bicyclic) bond motifs is 1. The molecule has 1 aromatic carbocycles. The van der Waals surface area contributed by atoms with Crippen LogP contribution in [0.4, 0.5) is 8.78 Å². The summed E-state index contributed by atoms with van der Waals surface area (Å²) in [5.41, 5.74) is 0.834. The average molecular weight is 209 g/mol. The molecule has 0 saturated heterocycles. The first-order chi connectivity index (χ1) is 7.09. The van der Waals surface area contributed by atoms with Crippen LogP contribution in [0.15, 0.2) is 30.5 Å². The van der Waals surface area contributed by atoms with Gasteiger partial charge in [0.05, 0.1) is 0 Å². The first-order valence-electron chi connectivity index (χ1n) is 4.47. The van der Waals surface area contributed by atoms with Crippen molar-refractivity contribution in [2.75, 3.05) is 0 Å². The van der Waals surface area contributed by atoms with Crippen molar-refractivity contribution in [2.45, 2.75) is 6.43 Å². The van der Waals surface area contributed by atoms with E-state index in [1.165, 1.54) is 12.1 Å². The van der Waals surface area contributed by atoms with E-state index < -0.39 is 12.2 Å². The molecule has 2 aromatic rings. The minimum atomic E-state index is -2.94. The molecule has 0 aliphatic carbocycles. The molecule has 2 nitrogen and oxygen atoms in total. The second kappa shape index (κ2) is 3.46. The predicted molar refractivity (Wildman–Crippen MR) is 53.3 cm³/mol. The molecule has 1 heterocycles. The van der Waals surface area contributed by atoms with Crippen molar-refractivity contribution in [1.82, 2.24) is 4.57 Å². The van der Waals surface area contributed by atoms with Gasteiger partial charge < -0.3 is 4.57 Å². The maximum Gasteiger partial charge on any atom is 0.300 e. The van der Waals surface area contributed by atoms with Crippen LogP contribution in [0.1, 0.15) is 10.4 Å². The van der Waals surface area contributed by atoms with Crippen LogP contribution >= 0.6 is 0 Å². The van der Waals surface area contributed by atoms with Gasteiger partial charge in [0.25, 0.3) is 0 Å². The summed E-state index contributed by atoms with van der Waals surface area (Å²) in [5.74, 6) is -1.13. The lowest BCUT2D eigenvalue weighted by Gasteiger charge is -2.01. The lowest BCUT2D eigenvalue weighted by Crippen LogP contribution is -2.09. The summed E-state index contributed by atoms with van der Waals surface area (Å²) in [6, 6.07) is 6.46. The van der Waals surface area contributed by atoms with Crippen LogP contribution in [-0.2, 0) is 7.05 Å². The van der Waals surface area contributed by atoms with Crippen LogP contribution in [0, 0.1) is 0 Å². The zero-order valence-corrected chi connectivity index (χ0v) is 8.08. The van der Waals surface area contributed by atoms with Crippen molar-refractivity contribution in [1.29, 1.82) is 0 Å². The number of rotatable bonds is 2. The number of carbonyl (C=O) groups excluding carboxylic acids is 1. The highest BCUT2D eigenvalue weighted by atomic mass is 19.3. The number of aryl methyl sites for hydroxylation is 1. The van der Waals surface area contributed by atoms with E-state index in [1.807, 2.05) is 12.3 Å². The molecule has 0 aliphatic heterocycles. The molecule has 15 heavy (non-hydrogen) atoms. The van der Waals surface area contributed by atoms with E-state index >= 15 is 0 Å². The molecule has 0 saturated carbocycles. The zero-order chi connectivity index (χ0) is 11.0. The Labute approximate surface area is 85.1 Å². The minimum Gasteiger partial charge on any atom is -0.351 e. The van der Waals surface area contributed by atoms with Crippen molar-refractivity contribution in [3.8, 4) is 0 Å². The van der Waals surface area contributed by atoms with Crippen molar-refractivity contribution >= 4 is 16.7 Å². The molecule has 0 radical (unpaired) electrons. The van der Waals surface area contributed by atoms with Gasteiger partial charge in [0.2, 0.25) is 5.78 Å². The molecule has 0 spiro atoms. The number of ketones is 1. The van der Waals surface area contributed by atoms with Gasteiger partial charge in [-0.3, -0.25) is 4.79 Å². The number of carbonyl (C=O) groups is 1. The topological polar surface area (TPSA) is 22.0 Å². The minimum absolute atomic E-state index is 0.0549. The van der Waals surface area contributed by atoms with E-state index in [9.17, 15) is 13.6 Å². The van der Waals surface area contributed by atoms with Crippen LogP contribution in [0.5, 0.6) is 0 Å². The molecule has 2 rings (SSSR count). The number of alkyl halides is 2. The largest absolute Gasteiger partial charge is 0.351 e. The highest BCUT2D eigenvalue weighted by Gasteiger charge is 2.17. The quantitative estimate of drug-likeness (QED) is 0.697. The Kier molecular flexibility index (Phi) is 2.26. The van der Waals surface area contributed by atoms with Gasteiger partial charge in [0.1, 0.15) is 0 Å². The molecule has 0 N–H and O–H groups in total. The molecular formula is C11H9F2NO. The monoisotopic (exact) mass is 209 g/mol. The van der Waals surface area contributed by atoms with Gasteiger partial charge in [0, 0.05) is 24.3 Å². The summed E-state index contributed by atoms with van der Waals surface area (Å²) in [5, 5.41) is 0.934. The summed E-state index contributed by atoms with van der Waals surface area (Å²) in [6.45, 7) is 0. The molecule has 0 fully saturated rings. The van der Waals surface area contributed by atoms with Crippen LogP contribution in [0.3, 0.4) is 0 Å². The van der Waals surface area contributed by atoms with Gasteiger partial charge in [-0.25, -0.2) is 8.78 Å². The first-order valence-corrected chi connectivity index (χ1v) is 4.47. The Morgan fingerprint density at radius 1 is 1.33 bits per heavy atom. The van der Waals surface area contributed by atoms with Crippen LogP contribution in [-0.4, -0.2) is 16.8 Å². The number of Topliss-reactive ketones (excluding diaryl/α,β-unsaturated/α-hetero) is 1. The SMILES string of the molecule is Cn1ccc2ccc(C(=O)C(F)F)cc21.